The molecule has 0 amide bonds. The summed E-state index contributed by atoms with van der Waals surface area (Å²) in [6, 6.07) is 13.6. The fraction of sp³-hybridized carbons (Fsp3) is 0.125. The molecule has 1 atom stereocenters. The maximum Gasteiger partial charge on any atom is 0.159 e. The van der Waals surface area contributed by atoms with E-state index in [-0.39, 0.29) is 4.83 Å². The van der Waals surface area contributed by atoms with E-state index in [1.54, 1.807) is 6.07 Å². The monoisotopic (exact) mass is 336 g/mol. The van der Waals surface area contributed by atoms with Crippen molar-refractivity contribution in [1.82, 2.24) is 0 Å². The standard InChI is InChI=1S/C16H11BrF2O/c17-12(7-10-5-6-13(18)14(19)8-10)16-9-11-3-1-2-4-15(11)20-16/h1-6,8-9,12H,7H2. The average molecular weight is 337 g/mol. The third-order valence-corrected chi connectivity index (χ3v) is 3.93. The lowest BCUT2D eigenvalue weighted by molar-refractivity contribution is 0.506. The van der Waals surface area contributed by atoms with Crippen molar-refractivity contribution in [2.24, 2.45) is 0 Å². The van der Waals surface area contributed by atoms with E-state index in [1.807, 2.05) is 30.3 Å². The second-order valence-electron chi connectivity index (χ2n) is 4.61. The zero-order chi connectivity index (χ0) is 14.1. The van der Waals surface area contributed by atoms with Crippen LogP contribution in [0.1, 0.15) is 16.2 Å². The van der Waals surface area contributed by atoms with Crippen LogP contribution in [0.15, 0.2) is 52.9 Å². The van der Waals surface area contributed by atoms with Crippen LogP contribution in [0.3, 0.4) is 0 Å². The first-order valence-electron chi connectivity index (χ1n) is 6.20. The third-order valence-electron chi connectivity index (χ3n) is 3.15. The summed E-state index contributed by atoms with van der Waals surface area (Å²) in [6.45, 7) is 0. The number of furan rings is 1. The number of alkyl halides is 1. The summed E-state index contributed by atoms with van der Waals surface area (Å²) in [6.07, 6.45) is 0.525. The molecule has 0 bridgehead atoms. The minimum atomic E-state index is -0.830. The molecular formula is C16H11BrF2O. The van der Waals surface area contributed by atoms with Gasteiger partial charge in [-0.25, -0.2) is 8.78 Å². The van der Waals surface area contributed by atoms with Gasteiger partial charge in [-0.3, -0.25) is 0 Å². The summed E-state index contributed by atoms with van der Waals surface area (Å²) in [5, 5.41) is 1.03. The third kappa shape index (κ3) is 2.61. The molecule has 1 heterocycles. The van der Waals surface area contributed by atoms with Crippen molar-refractivity contribution in [1.29, 1.82) is 0 Å². The van der Waals surface area contributed by atoms with Crippen LogP contribution in [-0.2, 0) is 6.42 Å². The fourth-order valence-electron chi connectivity index (χ4n) is 2.13. The quantitative estimate of drug-likeness (QED) is 0.584. The number of hydrogen-bond donors (Lipinski definition) is 0. The molecule has 2 aromatic carbocycles. The molecule has 3 rings (SSSR count). The molecular weight excluding hydrogens is 326 g/mol. The topological polar surface area (TPSA) is 13.1 Å². The lowest BCUT2D eigenvalue weighted by Gasteiger charge is -2.07. The van der Waals surface area contributed by atoms with Crippen LogP contribution in [0.2, 0.25) is 0 Å². The van der Waals surface area contributed by atoms with E-state index >= 15 is 0 Å². The number of hydrogen-bond acceptors (Lipinski definition) is 1. The molecule has 0 N–H and O–H groups in total. The molecule has 1 nitrogen and oxygen atoms in total. The van der Waals surface area contributed by atoms with Crippen molar-refractivity contribution in [3.63, 3.8) is 0 Å². The SMILES string of the molecule is Fc1ccc(CC(Br)c2cc3ccccc3o2)cc1F. The van der Waals surface area contributed by atoms with Crippen molar-refractivity contribution in [3.8, 4) is 0 Å². The highest BCUT2D eigenvalue weighted by atomic mass is 79.9. The fourth-order valence-corrected chi connectivity index (χ4v) is 2.73. The Morgan fingerprint density at radius 3 is 2.55 bits per heavy atom. The number of para-hydroxylation sites is 1. The maximum atomic E-state index is 13.2. The number of fused-ring (bicyclic) bond motifs is 1. The molecule has 0 spiro atoms. The molecule has 20 heavy (non-hydrogen) atoms. The molecule has 102 valence electrons. The van der Waals surface area contributed by atoms with Crippen LogP contribution in [0.4, 0.5) is 8.78 Å². The summed E-state index contributed by atoms with van der Waals surface area (Å²) in [4.78, 5) is -0.0836. The van der Waals surface area contributed by atoms with Crippen LogP contribution in [0, 0.1) is 11.6 Å². The predicted octanol–water partition coefficient (Wildman–Crippen LogP) is 5.39. The van der Waals surface area contributed by atoms with Gasteiger partial charge in [-0.05, 0) is 36.2 Å². The highest BCUT2D eigenvalue weighted by molar-refractivity contribution is 9.09. The molecule has 0 fully saturated rings. The second kappa shape index (κ2) is 5.37. The van der Waals surface area contributed by atoms with Crippen LogP contribution in [0.25, 0.3) is 11.0 Å². The van der Waals surface area contributed by atoms with Gasteiger partial charge in [0.1, 0.15) is 11.3 Å². The van der Waals surface area contributed by atoms with Crippen LogP contribution < -0.4 is 0 Å². The molecule has 3 aromatic rings. The van der Waals surface area contributed by atoms with E-state index in [9.17, 15) is 8.78 Å². The summed E-state index contributed by atoms with van der Waals surface area (Å²) in [5.74, 6) is -0.883. The summed E-state index contributed by atoms with van der Waals surface area (Å²) in [7, 11) is 0. The normalized spacial score (nSPS) is 12.8. The average Bonchev–Trinajstić information content (AvgIpc) is 2.87. The first-order chi connectivity index (χ1) is 9.63. The van der Waals surface area contributed by atoms with Crippen LogP contribution in [0.5, 0.6) is 0 Å². The van der Waals surface area contributed by atoms with Gasteiger partial charge in [0, 0.05) is 5.39 Å². The van der Waals surface area contributed by atoms with Crippen molar-refractivity contribution >= 4 is 26.9 Å². The van der Waals surface area contributed by atoms with Crippen molar-refractivity contribution in [3.05, 3.63) is 71.5 Å². The Morgan fingerprint density at radius 2 is 1.80 bits per heavy atom. The molecule has 0 saturated heterocycles. The lowest BCUT2D eigenvalue weighted by atomic mass is 10.1. The van der Waals surface area contributed by atoms with Crippen LogP contribution in [-0.4, -0.2) is 0 Å². The Kier molecular flexibility index (Phi) is 3.57. The van der Waals surface area contributed by atoms with Gasteiger partial charge in [0.25, 0.3) is 0 Å². The van der Waals surface area contributed by atoms with Gasteiger partial charge in [-0.2, -0.15) is 0 Å². The maximum absolute atomic E-state index is 13.2. The van der Waals surface area contributed by atoms with Crippen molar-refractivity contribution < 1.29 is 13.2 Å². The molecule has 4 heteroatoms. The molecule has 0 aliphatic rings. The van der Waals surface area contributed by atoms with Gasteiger partial charge >= 0.3 is 0 Å². The van der Waals surface area contributed by atoms with E-state index < -0.39 is 11.6 Å². The van der Waals surface area contributed by atoms with E-state index in [0.717, 1.165) is 22.8 Å². The van der Waals surface area contributed by atoms with Gasteiger partial charge in [0.15, 0.2) is 11.6 Å². The van der Waals surface area contributed by atoms with Crippen LogP contribution >= 0.6 is 15.9 Å². The zero-order valence-corrected chi connectivity index (χ0v) is 12.0. The minimum absolute atomic E-state index is 0.0836. The molecule has 1 unspecified atom stereocenters. The van der Waals surface area contributed by atoms with Gasteiger partial charge in [0.05, 0.1) is 4.83 Å². The first-order valence-corrected chi connectivity index (χ1v) is 7.11. The lowest BCUT2D eigenvalue weighted by Crippen LogP contribution is -1.95. The Bertz CT molecular complexity index is 718. The highest BCUT2D eigenvalue weighted by Crippen LogP contribution is 2.32. The minimum Gasteiger partial charge on any atom is -0.460 e. The summed E-state index contributed by atoms with van der Waals surface area (Å²) >= 11 is 3.53. The highest BCUT2D eigenvalue weighted by Gasteiger charge is 2.15. The van der Waals surface area contributed by atoms with E-state index in [0.29, 0.717) is 12.0 Å². The molecule has 0 saturated carbocycles. The smallest absolute Gasteiger partial charge is 0.159 e. The Hall–Kier alpha value is -1.68. The van der Waals surface area contributed by atoms with Gasteiger partial charge < -0.3 is 4.42 Å². The number of rotatable bonds is 3. The second-order valence-corrected chi connectivity index (χ2v) is 5.71. The number of halogens is 3. The van der Waals surface area contributed by atoms with Gasteiger partial charge in [0.2, 0.25) is 0 Å². The van der Waals surface area contributed by atoms with E-state index in [4.69, 9.17) is 4.42 Å². The summed E-state index contributed by atoms with van der Waals surface area (Å²) < 4.78 is 31.8. The molecule has 1 aromatic heterocycles. The van der Waals surface area contributed by atoms with Crippen molar-refractivity contribution in [2.45, 2.75) is 11.2 Å². The zero-order valence-electron chi connectivity index (χ0n) is 10.4. The molecule has 0 aliphatic heterocycles. The van der Waals surface area contributed by atoms with Gasteiger partial charge in [-0.15, -0.1) is 0 Å². The summed E-state index contributed by atoms with van der Waals surface area (Å²) in [5.41, 5.74) is 1.53. The van der Waals surface area contributed by atoms with Crippen molar-refractivity contribution in [2.75, 3.05) is 0 Å². The molecule has 0 radical (unpaired) electrons. The largest absolute Gasteiger partial charge is 0.460 e. The number of benzene rings is 2. The Balaban J connectivity index is 1.84. The van der Waals surface area contributed by atoms with Gasteiger partial charge in [-0.1, -0.05) is 40.2 Å². The Morgan fingerprint density at radius 1 is 1.00 bits per heavy atom. The predicted molar refractivity (Wildman–Crippen MR) is 77.9 cm³/mol. The molecule has 0 aliphatic carbocycles. The Labute approximate surface area is 123 Å². The van der Waals surface area contributed by atoms with E-state index in [1.165, 1.54) is 6.07 Å². The first kappa shape index (κ1) is 13.3. The van der Waals surface area contributed by atoms with E-state index in [2.05, 4.69) is 15.9 Å².